The van der Waals surface area contributed by atoms with Crippen LogP contribution in [0.5, 0.6) is 0 Å². The van der Waals surface area contributed by atoms with Crippen LogP contribution in [0.25, 0.3) is 5.57 Å². The van der Waals surface area contributed by atoms with E-state index in [9.17, 15) is 4.79 Å². The number of aromatic nitrogens is 1. The fourth-order valence-corrected chi connectivity index (χ4v) is 7.28. The molecule has 2 fully saturated rings. The largest absolute Gasteiger partial charge is 0.295 e. The zero-order chi connectivity index (χ0) is 18.8. The van der Waals surface area contributed by atoms with E-state index in [-0.39, 0.29) is 5.41 Å². The first-order chi connectivity index (χ1) is 12.9. The second kappa shape index (κ2) is 5.90. The third-order valence-electron chi connectivity index (χ3n) is 8.73. The summed E-state index contributed by atoms with van der Waals surface area (Å²) in [4.78, 5) is 16.5. The lowest BCUT2D eigenvalue weighted by Gasteiger charge is -2.57. The Bertz CT molecular complexity index is 865. The number of aryl methyl sites for hydroxylation is 1. The number of hydrogen-bond acceptors (Lipinski definition) is 2. The Hall–Kier alpha value is -1.70. The van der Waals surface area contributed by atoms with Gasteiger partial charge in [0.05, 0.1) is 0 Å². The summed E-state index contributed by atoms with van der Waals surface area (Å²) in [5.74, 6) is 2.67. The third kappa shape index (κ3) is 2.45. The van der Waals surface area contributed by atoms with Gasteiger partial charge in [-0.25, -0.2) is 0 Å². The van der Waals surface area contributed by atoms with Gasteiger partial charge >= 0.3 is 0 Å². The van der Waals surface area contributed by atoms with Gasteiger partial charge in [-0.2, -0.15) is 0 Å². The molecule has 1 aromatic heterocycles. The number of allylic oxidation sites excluding steroid dienone is 4. The van der Waals surface area contributed by atoms with Gasteiger partial charge in [0.1, 0.15) is 0 Å². The number of ketones is 1. The molecule has 0 amide bonds. The van der Waals surface area contributed by atoms with Crippen molar-refractivity contribution in [3.05, 3.63) is 47.3 Å². The minimum absolute atomic E-state index is 0.270. The third-order valence-corrected chi connectivity index (χ3v) is 8.73. The molecule has 1 aromatic rings. The van der Waals surface area contributed by atoms with Crippen molar-refractivity contribution in [3.8, 4) is 0 Å². The summed E-state index contributed by atoms with van der Waals surface area (Å²) < 4.78 is 0. The van der Waals surface area contributed by atoms with Crippen LogP contribution < -0.4 is 0 Å². The van der Waals surface area contributed by atoms with Gasteiger partial charge in [-0.05, 0) is 103 Å². The van der Waals surface area contributed by atoms with E-state index >= 15 is 0 Å². The number of nitrogens with zero attached hydrogens (tertiary/aromatic N) is 1. The molecule has 5 rings (SSSR count). The number of rotatable bonds is 1. The number of pyridine rings is 1. The fourth-order valence-electron chi connectivity index (χ4n) is 7.28. The summed E-state index contributed by atoms with van der Waals surface area (Å²) in [6.45, 7) is 7.13. The lowest BCUT2D eigenvalue weighted by molar-refractivity contribution is -0.117. The summed E-state index contributed by atoms with van der Waals surface area (Å²) in [6, 6.07) is 2.31. The van der Waals surface area contributed by atoms with E-state index in [4.69, 9.17) is 0 Å². The van der Waals surface area contributed by atoms with Gasteiger partial charge < -0.3 is 0 Å². The van der Waals surface area contributed by atoms with E-state index in [2.05, 4.69) is 44.1 Å². The van der Waals surface area contributed by atoms with Gasteiger partial charge in [0.15, 0.2) is 5.78 Å². The minimum atomic E-state index is 0.270. The fraction of sp³-hybridized carbons (Fsp3) is 0.600. The minimum Gasteiger partial charge on any atom is -0.295 e. The number of fused-ring (bicyclic) bond motifs is 5. The SMILES string of the molecule is Cc1cncc(C2=CCC3C4CCC5=CC(=O)CCC5(C)C4CCC23C)c1. The molecule has 0 bridgehead atoms. The predicted octanol–water partition coefficient (Wildman–Crippen LogP) is 5.92. The van der Waals surface area contributed by atoms with Crippen LogP contribution in [0.4, 0.5) is 0 Å². The van der Waals surface area contributed by atoms with Gasteiger partial charge in [0.2, 0.25) is 0 Å². The molecule has 2 nitrogen and oxygen atoms in total. The second-order valence-corrected chi connectivity index (χ2v) is 10.0. The Morgan fingerprint density at radius 2 is 1.89 bits per heavy atom. The van der Waals surface area contributed by atoms with Crippen LogP contribution in [-0.4, -0.2) is 10.8 Å². The molecule has 1 heterocycles. The van der Waals surface area contributed by atoms with Crippen molar-refractivity contribution in [2.45, 2.75) is 65.7 Å². The summed E-state index contributed by atoms with van der Waals surface area (Å²) in [7, 11) is 0. The highest BCUT2D eigenvalue weighted by Gasteiger charge is 2.57. The normalized spacial score (nSPS) is 40.6. The van der Waals surface area contributed by atoms with Crippen LogP contribution in [-0.2, 0) is 4.79 Å². The van der Waals surface area contributed by atoms with E-state index in [0.717, 1.165) is 37.0 Å². The Labute approximate surface area is 163 Å². The van der Waals surface area contributed by atoms with Crippen LogP contribution in [0.2, 0.25) is 0 Å². The lowest BCUT2D eigenvalue weighted by atomic mass is 9.46. The molecule has 4 aliphatic carbocycles. The molecular formula is C25H31NO. The van der Waals surface area contributed by atoms with E-state index in [1.165, 1.54) is 42.4 Å². The zero-order valence-corrected chi connectivity index (χ0v) is 16.9. The highest BCUT2D eigenvalue weighted by Crippen LogP contribution is 2.66. The van der Waals surface area contributed by atoms with Crippen molar-refractivity contribution in [3.63, 3.8) is 0 Å². The van der Waals surface area contributed by atoms with E-state index in [1.807, 2.05) is 12.3 Å². The predicted molar refractivity (Wildman–Crippen MR) is 109 cm³/mol. The first-order valence-corrected chi connectivity index (χ1v) is 10.8. The quantitative estimate of drug-likeness (QED) is 0.622. The van der Waals surface area contributed by atoms with Crippen molar-refractivity contribution in [2.75, 3.05) is 0 Å². The summed E-state index contributed by atoms with van der Waals surface area (Å²) in [5.41, 5.74) is 6.17. The van der Waals surface area contributed by atoms with Gasteiger partial charge in [-0.3, -0.25) is 9.78 Å². The van der Waals surface area contributed by atoms with Crippen molar-refractivity contribution in [2.24, 2.45) is 28.6 Å². The standard InChI is InChI=1S/C25H31NO/c1-16-12-17(15-26-14-16)21-6-7-22-20-5-4-18-13-19(27)8-10-24(18,2)23(20)9-11-25(21,22)3/h6,12-15,20,22-23H,4-5,7-11H2,1-3H3. The highest BCUT2D eigenvalue weighted by molar-refractivity contribution is 5.91. The maximum absolute atomic E-state index is 12.0. The van der Waals surface area contributed by atoms with E-state index < -0.39 is 0 Å². The van der Waals surface area contributed by atoms with Crippen molar-refractivity contribution < 1.29 is 4.79 Å². The molecular weight excluding hydrogens is 330 g/mol. The monoisotopic (exact) mass is 361 g/mol. The van der Waals surface area contributed by atoms with Crippen LogP contribution in [0.15, 0.2) is 36.2 Å². The maximum atomic E-state index is 12.0. The van der Waals surface area contributed by atoms with Gasteiger partial charge in [0.25, 0.3) is 0 Å². The molecule has 2 heteroatoms. The average molecular weight is 362 g/mol. The molecule has 0 radical (unpaired) electrons. The Morgan fingerprint density at radius 3 is 2.70 bits per heavy atom. The molecule has 0 aliphatic heterocycles. The number of carbonyl (C=O) groups excluding carboxylic acids is 1. The van der Waals surface area contributed by atoms with Crippen LogP contribution >= 0.6 is 0 Å². The molecule has 27 heavy (non-hydrogen) atoms. The Balaban J connectivity index is 1.48. The molecule has 0 spiro atoms. The first kappa shape index (κ1) is 17.4. The van der Waals surface area contributed by atoms with Gasteiger partial charge in [0, 0.05) is 18.8 Å². The van der Waals surface area contributed by atoms with Crippen LogP contribution in [0.3, 0.4) is 0 Å². The molecule has 2 saturated carbocycles. The molecule has 5 atom stereocenters. The van der Waals surface area contributed by atoms with Gasteiger partial charge in [-0.15, -0.1) is 0 Å². The molecule has 4 aliphatic rings. The summed E-state index contributed by atoms with van der Waals surface area (Å²) in [5, 5.41) is 0. The molecule has 0 N–H and O–H groups in total. The first-order valence-electron chi connectivity index (χ1n) is 10.8. The van der Waals surface area contributed by atoms with E-state index in [0.29, 0.717) is 11.2 Å². The summed E-state index contributed by atoms with van der Waals surface area (Å²) in [6.07, 6.45) is 16.6. The molecule has 0 aromatic carbocycles. The van der Waals surface area contributed by atoms with Crippen molar-refractivity contribution in [1.29, 1.82) is 0 Å². The maximum Gasteiger partial charge on any atom is 0.155 e. The van der Waals surface area contributed by atoms with Crippen LogP contribution in [0, 0.1) is 35.5 Å². The van der Waals surface area contributed by atoms with Crippen molar-refractivity contribution >= 4 is 11.4 Å². The topological polar surface area (TPSA) is 30.0 Å². The Morgan fingerprint density at radius 1 is 1.04 bits per heavy atom. The van der Waals surface area contributed by atoms with Gasteiger partial charge in [-0.1, -0.05) is 25.5 Å². The molecule has 5 unspecified atom stereocenters. The second-order valence-electron chi connectivity index (χ2n) is 10.0. The van der Waals surface area contributed by atoms with Crippen LogP contribution in [0.1, 0.15) is 69.9 Å². The smallest absolute Gasteiger partial charge is 0.155 e. The Kier molecular flexibility index (Phi) is 3.80. The summed E-state index contributed by atoms with van der Waals surface area (Å²) >= 11 is 0. The lowest BCUT2D eigenvalue weighted by Crippen LogP contribution is -2.49. The number of hydrogen-bond donors (Lipinski definition) is 0. The molecule has 0 saturated heterocycles. The van der Waals surface area contributed by atoms with Crippen molar-refractivity contribution in [1.82, 2.24) is 4.98 Å². The zero-order valence-electron chi connectivity index (χ0n) is 16.9. The van der Waals surface area contributed by atoms with E-state index in [1.54, 1.807) is 5.57 Å². The number of carbonyl (C=O) groups is 1. The molecule has 142 valence electrons. The highest BCUT2D eigenvalue weighted by atomic mass is 16.1. The average Bonchev–Trinajstić information content (AvgIpc) is 2.99.